The van der Waals surface area contributed by atoms with E-state index in [2.05, 4.69) is 15.6 Å². The lowest BCUT2D eigenvalue weighted by Gasteiger charge is -2.26. The van der Waals surface area contributed by atoms with E-state index in [1.807, 2.05) is 0 Å². The Kier molecular flexibility index (Phi) is 6.31. The van der Waals surface area contributed by atoms with Crippen LogP contribution in [0.3, 0.4) is 0 Å². The second-order valence-corrected chi connectivity index (χ2v) is 8.93. The van der Waals surface area contributed by atoms with Gasteiger partial charge in [0.05, 0.1) is 17.8 Å². The normalized spacial score (nSPS) is 13.4. The molecule has 2 aromatic carbocycles. The molecule has 2 N–H and O–H groups in total. The Labute approximate surface area is 196 Å². The van der Waals surface area contributed by atoms with Crippen LogP contribution in [0, 0.1) is 6.92 Å². The number of nitrogens with one attached hydrogen (secondary N) is 2. The summed E-state index contributed by atoms with van der Waals surface area (Å²) in [6, 6.07) is 9.05. The van der Waals surface area contributed by atoms with Crippen molar-refractivity contribution in [3.63, 3.8) is 0 Å². The molecule has 1 aliphatic heterocycles. The summed E-state index contributed by atoms with van der Waals surface area (Å²) in [7, 11) is 0. The molecule has 0 spiro atoms. The molecule has 0 saturated heterocycles. The van der Waals surface area contributed by atoms with Gasteiger partial charge in [0.25, 0.3) is 5.91 Å². The summed E-state index contributed by atoms with van der Waals surface area (Å²) in [6.45, 7) is 2.34. The minimum absolute atomic E-state index is 0.0646. The number of carbonyl (C=O) groups excluding carboxylic acids is 2. The Bertz CT molecular complexity index is 1230. The van der Waals surface area contributed by atoms with Crippen LogP contribution in [-0.2, 0) is 19.1 Å². The largest absolute Gasteiger partial charge is 0.416 e. The molecule has 4 rings (SSSR count). The molecule has 0 bridgehead atoms. The third-order valence-electron chi connectivity index (χ3n) is 5.19. The number of fused-ring (bicyclic) bond motifs is 1. The Morgan fingerprint density at radius 1 is 1.15 bits per heavy atom. The third-order valence-corrected chi connectivity index (χ3v) is 6.60. The minimum Gasteiger partial charge on any atom is -0.319 e. The van der Waals surface area contributed by atoms with Crippen LogP contribution in [0.4, 0.5) is 28.8 Å². The number of aromatic nitrogens is 1. The van der Waals surface area contributed by atoms with Crippen molar-refractivity contribution < 1.29 is 22.8 Å². The van der Waals surface area contributed by atoms with Gasteiger partial charge in [0.1, 0.15) is 0 Å². The molecule has 33 heavy (non-hydrogen) atoms. The molecule has 1 aromatic heterocycles. The van der Waals surface area contributed by atoms with Gasteiger partial charge in [0.15, 0.2) is 5.13 Å². The molecule has 6 nitrogen and oxygen atoms in total. The number of urea groups is 1. The quantitative estimate of drug-likeness (QED) is 0.471. The number of thiazole rings is 1. The van der Waals surface area contributed by atoms with Crippen LogP contribution in [0.25, 0.3) is 0 Å². The SMILES string of the molecule is Cc1c(Cl)cccc1C(=O)Nc1nc2c(s1)CN(C(=O)Nc1cccc(C(F)(F)F)c1)CC2. The average Bonchev–Trinajstić information content (AvgIpc) is 3.16. The van der Waals surface area contributed by atoms with Gasteiger partial charge in [-0.1, -0.05) is 35.1 Å². The third kappa shape index (κ3) is 5.12. The molecule has 0 radical (unpaired) electrons. The van der Waals surface area contributed by atoms with Crippen molar-refractivity contribution >= 4 is 45.7 Å². The summed E-state index contributed by atoms with van der Waals surface area (Å²) < 4.78 is 38.7. The zero-order valence-corrected chi connectivity index (χ0v) is 18.9. The summed E-state index contributed by atoms with van der Waals surface area (Å²) in [4.78, 5) is 32.0. The van der Waals surface area contributed by atoms with Crippen molar-refractivity contribution in [1.82, 2.24) is 9.88 Å². The summed E-state index contributed by atoms with van der Waals surface area (Å²) in [5, 5.41) is 6.18. The number of amides is 3. The van der Waals surface area contributed by atoms with Gasteiger partial charge >= 0.3 is 12.2 Å². The molecule has 3 amide bonds. The number of rotatable bonds is 3. The van der Waals surface area contributed by atoms with Gasteiger partial charge in [0, 0.05) is 34.1 Å². The lowest BCUT2D eigenvalue weighted by molar-refractivity contribution is -0.137. The van der Waals surface area contributed by atoms with Crippen molar-refractivity contribution in [2.24, 2.45) is 0 Å². The number of hydrogen-bond donors (Lipinski definition) is 2. The van der Waals surface area contributed by atoms with Gasteiger partial charge in [-0.25, -0.2) is 9.78 Å². The van der Waals surface area contributed by atoms with Crippen LogP contribution in [0.5, 0.6) is 0 Å². The second-order valence-electron chi connectivity index (χ2n) is 7.44. The summed E-state index contributed by atoms with van der Waals surface area (Å²) >= 11 is 7.34. The van der Waals surface area contributed by atoms with Crippen molar-refractivity contribution in [2.45, 2.75) is 26.1 Å². The number of carbonyl (C=O) groups is 2. The van der Waals surface area contributed by atoms with Crippen molar-refractivity contribution in [2.75, 3.05) is 17.2 Å². The summed E-state index contributed by atoms with van der Waals surface area (Å²) in [6.07, 6.45) is -4.03. The second kappa shape index (κ2) is 9.03. The van der Waals surface area contributed by atoms with Crippen LogP contribution in [0.1, 0.15) is 32.1 Å². The number of alkyl halides is 3. The van der Waals surface area contributed by atoms with Crippen LogP contribution in [-0.4, -0.2) is 28.4 Å². The maximum atomic E-state index is 12.9. The first-order chi connectivity index (χ1) is 15.6. The fourth-order valence-corrected chi connectivity index (χ4v) is 4.61. The van der Waals surface area contributed by atoms with Gasteiger partial charge in [-0.2, -0.15) is 13.2 Å². The van der Waals surface area contributed by atoms with Crippen LogP contribution in [0.2, 0.25) is 5.02 Å². The number of benzene rings is 2. The lowest BCUT2D eigenvalue weighted by Crippen LogP contribution is -2.38. The first-order valence-corrected chi connectivity index (χ1v) is 11.1. The van der Waals surface area contributed by atoms with E-state index in [-0.39, 0.29) is 18.1 Å². The minimum atomic E-state index is -4.49. The summed E-state index contributed by atoms with van der Waals surface area (Å²) in [5.74, 6) is -0.333. The smallest absolute Gasteiger partial charge is 0.319 e. The van der Waals surface area contributed by atoms with E-state index >= 15 is 0 Å². The molecular formula is C22H18ClF3N4O2S. The monoisotopic (exact) mass is 494 g/mol. The molecule has 11 heteroatoms. The molecular weight excluding hydrogens is 477 g/mol. The zero-order chi connectivity index (χ0) is 23.8. The van der Waals surface area contributed by atoms with Gasteiger partial charge < -0.3 is 10.2 Å². The number of halogens is 4. The van der Waals surface area contributed by atoms with Crippen LogP contribution >= 0.6 is 22.9 Å². The average molecular weight is 495 g/mol. The van der Waals surface area contributed by atoms with Gasteiger partial charge in [-0.3, -0.25) is 10.1 Å². The van der Waals surface area contributed by atoms with E-state index in [9.17, 15) is 22.8 Å². The molecule has 0 atom stereocenters. The maximum absolute atomic E-state index is 12.9. The Hall–Kier alpha value is -3.11. The van der Waals surface area contributed by atoms with E-state index in [4.69, 9.17) is 11.6 Å². The number of nitrogens with zero attached hydrogens (tertiary/aromatic N) is 2. The molecule has 3 aromatic rings. The molecule has 1 aliphatic rings. The lowest BCUT2D eigenvalue weighted by atomic mass is 10.1. The highest BCUT2D eigenvalue weighted by Crippen LogP contribution is 2.32. The Balaban J connectivity index is 1.43. The van der Waals surface area contributed by atoms with E-state index in [1.54, 1.807) is 25.1 Å². The first kappa shape index (κ1) is 23.1. The van der Waals surface area contributed by atoms with Crippen LogP contribution in [0.15, 0.2) is 42.5 Å². The Morgan fingerprint density at radius 2 is 1.91 bits per heavy atom. The van der Waals surface area contributed by atoms with Gasteiger partial charge in [-0.15, -0.1) is 0 Å². The molecule has 0 unspecified atom stereocenters. The van der Waals surface area contributed by atoms with Gasteiger partial charge in [0.2, 0.25) is 0 Å². The predicted molar refractivity (Wildman–Crippen MR) is 121 cm³/mol. The number of hydrogen-bond acceptors (Lipinski definition) is 4. The standard InChI is InChI=1S/C22H18ClF3N4O2S/c1-12-15(6-3-7-16(12)23)19(31)29-20-28-17-8-9-30(11-18(17)33-20)21(32)27-14-5-2-4-13(10-14)22(24,25)26/h2-7,10H,8-9,11H2,1H3,(H,27,32)(H,28,29,31). The number of anilines is 2. The van der Waals surface area contributed by atoms with Crippen molar-refractivity contribution in [1.29, 1.82) is 0 Å². The molecule has 172 valence electrons. The van der Waals surface area contributed by atoms with Crippen LogP contribution < -0.4 is 10.6 Å². The molecule has 2 heterocycles. The van der Waals surface area contributed by atoms with Crippen molar-refractivity contribution in [3.8, 4) is 0 Å². The fraction of sp³-hybridized carbons (Fsp3) is 0.227. The van der Waals surface area contributed by atoms with E-state index in [1.165, 1.54) is 28.4 Å². The highest BCUT2D eigenvalue weighted by atomic mass is 35.5. The predicted octanol–water partition coefficient (Wildman–Crippen LogP) is 5.97. The highest BCUT2D eigenvalue weighted by molar-refractivity contribution is 7.15. The van der Waals surface area contributed by atoms with Gasteiger partial charge in [-0.05, 0) is 42.8 Å². The molecule has 0 fully saturated rings. The summed E-state index contributed by atoms with van der Waals surface area (Å²) in [5.41, 5.74) is 1.11. The van der Waals surface area contributed by atoms with E-state index < -0.39 is 17.8 Å². The molecule has 0 aliphatic carbocycles. The first-order valence-electron chi connectivity index (χ1n) is 9.90. The topological polar surface area (TPSA) is 74.3 Å². The fourth-order valence-electron chi connectivity index (χ4n) is 3.42. The molecule has 0 saturated carbocycles. The van der Waals surface area contributed by atoms with Crippen molar-refractivity contribution in [3.05, 3.63) is 74.7 Å². The zero-order valence-electron chi connectivity index (χ0n) is 17.3. The van der Waals surface area contributed by atoms with E-state index in [0.717, 1.165) is 22.7 Å². The highest BCUT2D eigenvalue weighted by Gasteiger charge is 2.31. The maximum Gasteiger partial charge on any atom is 0.416 e. The Morgan fingerprint density at radius 3 is 2.67 bits per heavy atom. The van der Waals surface area contributed by atoms with E-state index in [0.29, 0.717) is 34.2 Å².